The van der Waals surface area contributed by atoms with E-state index in [1.807, 2.05) is 0 Å². The third-order valence-electron chi connectivity index (χ3n) is 2.98. The van der Waals surface area contributed by atoms with Gasteiger partial charge >= 0.3 is 164 Å². The summed E-state index contributed by atoms with van der Waals surface area (Å²) in [5.74, 6) is 0. The maximum atomic E-state index is 13.2. The Morgan fingerprint density at radius 1 is 0.607 bits per heavy atom. The van der Waals surface area contributed by atoms with Crippen LogP contribution < -0.4 is 0 Å². The minimum atomic E-state index is -6.88. The molecule has 2 rings (SSSR count). The van der Waals surface area contributed by atoms with Gasteiger partial charge in [0.25, 0.3) is 0 Å². The summed E-state index contributed by atoms with van der Waals surface area (Å²) in [4.78, 5) is 0. The fourth-order valence-electron chi connectivity index (χ4n) is 1.83. The van der Waals surface area contributed by atoms with Gasteiger partial charge in [-0.05, 0) is 0 Å². The Bertz CT molecular complexity index is 941. The van der Waals surface area contributed by atoms with Crippen LogP contribution >= 0.6 is 20.1 Å². The first-order valence-corrected chi connectivity index (χ1v) is 12.9. The summed E-state index contributed by atoms with van der Waals surface area (Å²) in [7, 11) is -13.8. The number of rotatable bonds is 5. The van der Waals surface area contributed by atoms with Crippen LogP contribution in [-0.4, -0.2) is 29.8 Å². The summed E-state index contributed by atoms with van der Waals surface area (Å²) < 4.78 is 125. The van der Waals surface area contributed by atoms with Gasteiger partial charge in [-0.3, -0.25) is 0 Å². The molecule has 0 atom stereocenters. The molecule has 2 aromatic rings. The SMILES string of the molecule is O=S(=O)(N(I(c1ccccc1)c1ccccc1)S(=O)(=O)C(F)(F)F)C(F)(F)F. The predicted molar refractivity (Wildman–Crippen MR) is 96.1 cm³/mol. The van der Waals surface area contributed by atoms with Gasteiger partial charge in [-0.1, -0.05) is 0 Å². The molecule has 0 amide bonds. The Hall–Kier alpha value is -1.39. The van der Waals surface area contributed by atoms with Crippen molar-refractivity contribution in [3.05, 3.63) is 67.8 Å². The van der Waals surface area contributed by atoms with Crippen molar-refractivity contribution in [2.45, 2.75) is 11.0 Å². The number of nitrogens with zero attached hydrogens (tertiary/aromatic N) is 1. The zero-order valence-corrected chi connectivity index (χ0v) is 17.1. The zero-order valence-electron chi connectivity index (χ0n) is 13.3. The molecule has 0 aromatic heterocycles. The van der Waals surface area contributed by atoms with Gasteiger partial charge in [-0.15, -0.1) is 0 Å². The molecular formula is C14H10F6INO4S2. The Balaban J connectivity index is 2.93. The summed E-state index contributed by atoms with van der Waals surface area (Å²) in [5, 5.41) is 0. The molecule has 0 spiro atoms. The molecule has 0 fully saturated rings. The second kappa shape index (κ2) is 7.79. The van der Waals surface area contributed by atoms with Gasteiger partial charge in [0.15, 0.2) is 0 Å². The molecule has 14 heteroatoms. The van der Waals surface area contributed by atoms with Crippen LogP contribution in [0.1, 0.15) is 0 Å². The van der Waals surface area contributed by atoms with Crippen molar-refractivity contribution >= 4 is 40.1 Å². The molecule has 0 aliphatic carbocycles. The quantitative estimate of drug-likeness (QED) is 0.313. The van der Waals surface area contributed by atoms with Crippen molar-refractivity contribution in [1.29, 1.82) is 0 Å². The molecule has 28 heavy (non-hydrogen) atoms. The first-order valence-electron chi connectivity index (χ1n) is 6.94. The molecule has 156 valence electrons. The first kappa shape index (κ1) is 22.9. The maximum absolute atomic E-state index is 13.2. The molecule has 0 unspecified atom stereocenters. The standard InChI is InChI=1S/C14H10F6INO4S2/c15-13(16,17)27(23,24)22(28(25,26)14(18,19)20)21(11-7-3-1-4-8-11)12-9-5-2-6-10-12/h1-10H. The molecule has 0 radical (unpaired) electrons. The second-order valence-electron chi connectivity index (χ2n) is 4.91. The Labute approximate surface area is 163 Å². The van der Waals surface area contributed by atoms with Gasteiger partial charge < -0.3 is 0 Å². The van der Waals surface area contributed by atoms with Gasteiger partial charge in [-0.2, -0.15) is 0 Å². The molecule has 0 N–H and O–H groups in total. The summed E-state index contributed by atoms with van der Waals surface area (Å²) in [5.41, 5.74) is -12.5. The van der Waals surface area contributed by atoms with Crippen molar-refractivity contribution in [1.82, 2.24) is 1.92 Å². The fourth-order valence-corrected chi connectivity index (χ4v) is 14.5. The van der Waals surface area contributed by atoms with E-state index in [9.17, 15) is 43.2 Å². The molecular weight excluding hydrogens is 551 g/mol. The van der Waals surface area contributed by atoms with Crippen molar-refractivity contribution < 1.29 is 43.2 Å². The summed E-state index contributed by atoms with van der Waals surface area (Å²) >= 11 is -4.54. The minimum absolute atomic E-state index is 0.251. The van der Waals surface area contributed by atoms with E-state index in [0.717, 1.165) is 24.3 Å². The number of hydrogen-bond donors (Lipinski definition) is 0. The third kappa shape index (κ3) is 4.28. The molecule has 0 aliphatic heterocycles. The van der Waals surface area contributed by atoms with E-state index in [1.165, 1.54) is 36.4 Å². The summed E-state index contributed by atoms with van der Waals surface area (Å²) in [6.07, 6.45) is 0. The Morgan fingerprint density at radius 2 is 0.893 bits per heavy atom. The normalized spacial score (nSPS) is 14.2. The van der Waals surface area contributed by atoms with Crippen LogP contribution in [-0.2, 0) is 20.0 Å². The Morgan fingerprint density at radius 3 is 1.14 bits per heavy atom. The zero-order chi connectivity index (χ0) is 21.4. The molecule has 0 aliphatic rings. The number of benzene rings is 2. The van der Waals surface area contributed by atoms with Crippen LogP contribution in [0.15, 0.2) is 60.7 Å². The molecule has 0 saturated heterocycles. The number of alkyl halides is 6. The van der Waals surface area contributed by atoms with E-state index >= 15 is 0 Å². The van der Waals surface area contributed by atoms with E-state index in [1.54, 1.807) is 0 Å². The summed E-state index contributed by atoms with van der Waals surface area (Å²) in [6.45, 7) is 0. The monoisotopic (exact) mass is 561 g/mol. The van der Waals surface area contributed by atoms with E-state index in [4.69, 9.17) is 0 Å². The number of sulfonamides is 2. The van der Waals surface area contributed by atoms with Gasteiger partial charge in [0.2, 0.25) is 0 Å². The van der Waals surface area contributed by atoms with Crippen molar-refractivity contribution in [3.63, 3.8) is 0 Å². The van der Waals surface area contributed by atoms with Crippen LogP contribution in [0.5, 0.6) is 0 Å². The fraction of sp³-hybridized carbons (Fsp3) is 0.143. The van der Waals surface area contributed by atoms with Gasteiger partial charge in [0.05, 0.1) is 0 Å². The van der Waals surface area contributed by atoms with Gasteiger partial charge in [-0.25, -0.2) is 0 Å². The third-order valence-corrected chi connectivity index (χ3v) is 15.6. The molecule has 0 heterocycles. The van der Waals surface area contributed by atoms with Gasteiger partial charge in [0.1, 0.15) is 0 Å². The molecule has 2 aromatic carbocycles. The van der Waals surface area contributed by atoms with Crippen molar-refractivity contribution in [3.8, 4) is 0 Å². The van der Waals surface area contributed by atoms with Crippen LogP contribution in [0.3, 0.4) is 0 Å². The first-order chi connectivity index (χ1) is 12.7. The Kier molecular flexibility index (Phi) is 6.37. The van der Waals surface area contributed by atoms with Crippen LogP contribution in [0.2, 0.25) is 0 Å². The molecule has 0 bridgehead atoms. The number of halogens is 7. The second-order valence-corrected chi connectivity index (χ2v) is 15.0. The van der Waals surface area contributed by atoms with Crippen molar-refractivity contribution in [2.24, 2.45) is 0 Å². The average Bonchev–Trinajstić information content (AvgIpc) is 2.58. The van der Waals surface area contributed by atoms with Crippen LogP contribution in [0.4, 0.5) is 26.3 Å². The van der Waals surface area contributed by atoms with Crippen LogP contribution in [0, 0.1) is 7.14 Å². The van der Waals surface area contributed by atoms with Gasteiger partial charge in [0, 0.05) is 0 Å². The predicted octanol–water partition coefficient (Wildman–Crippen LogP) is 4.15. The van der Waals surface area contributed by atoms with E-state index < -0.39 is 53.1 Å². The van der Waals surface area contributed by atoms with Crippen LogP contribution in [0.25, 0.3) is 0 Å². The summed E-state index contributed by atoms with van der Waals surface area (Å²) in [6, 6.07) is 12.1. The van der Waals surface area contributed by atoms with E-state index in [-0.39, 0.29) is 7.14 Å². The number of hydrogen-bond acceptors (Lipinski definition) is 4. The average molecular weight is 561 g/mol. The van der Waals surface area contributed by atoms with Crippen molar-refractivity contribution in [2.75, 3.05) is 0 Å². The topological polar surface area (TPSA) is 71.5 Å². The van der Waals surface area contributed by atoms with E-state index in [0.29, 0.717) is 0 Å². The van der Waals surface area contributed by atoms with E-state index in [2.05, 4.69) is 0 Å². The molecule has 0 saturated carbocycles. The molecule has 5 nitrogen and oxygen atoms in total.